The second-order valence-electron chi connectivity index (χ2n) is 3.42. The van der Waals surface area contributed by atoms with Crippen LogP contribution in [0, 0.1) is 0 Å². The van der Waals surface area contributed by atoms with Crippen LogP contribution < -0.4 is 0 Å². The fourth-order valence-corrected chi connectivity index (χ4v) is 2.43. The molecule has 2 atom stereocenters. The maximum Gasteiger partial charge on any atom is 0.224 e. The van der Waals surface area contributed by atoms with Crippen molar-refractivity contribution in [2.75, 3.05) is 6.54 Å². The molecule has 2 nitrogen and oxygen atoms in total. The molecular formula is C8H12ClNO. The van der Waals surface area contributed by atoms with Crippen molar-refractivity contribution in [3.05, 3.63) is 0 Å². The van der Waals surface area contributed by atoms with Crippen LogP contribution in [0.1, 0.15) is 25.7 Å². The fourth-order valence-electron chi connectivity index (χ4n) is 2.09. The number of rotatable bonds is 0. The zero-order valence-corrected chi connectivity index (χ0v) is 7.18. The van der Waals surface area contributed by atoms with Gasteiger partial charge in [-0.1, -0.05) is 0 Å². The van der Waals surface area contributed by atoms with Crippen LogP contribution in [0.2, 0.25) is 0 Å². The molecule has 0 saturated carbocycles. The van der Waals surface area contributed by atoms with Crippen LogP contribution in [0.4, 0.5) is 0 Å². The second-order valence-corrected chi connectivity index (χ2v) is 4.04. The molecule has 0 radical (unpaired) electrons. The topological polar surface area (TPSA) is 20.3 Å². The van der Waals surface area contributed by atoms with E-state index in [1.807, 2.05) is 4.90 Å². The van der Waals surface area contributed by atoms with Gasteiger partial charge in [-0.3, -0.25) is 4.79 Å². The number of amides is 1. The first-order valence-electron chi connectivity index (χ1n) is 4.21. The van der Waals surface area contributed by atoms with E-state index in [9.17, 15) is 4.79 Å². The maximum absolute atomic E-state index is 11.3. The molecule has 0 N–H and O–H groups in total. The SMILES string of the molecule is O=C1CC(Cl)CC2CCCN12. The summed E-state index contributed by atoms with van der Waals surface area (Å²) in [6, 6.07) is 0.471. The largest absolute Gasteiger partial charge is 0.340 e. The van der Waals surface area contributed by atoms with Crippen molar-refractivity contribution >= 4 is 17.5 Å². The summed E-state index contributed by atoms with van der Waals surface area (Å²) in [5.41, 5.74) is 0. The van der Waals surface area contributed by atoms with Crippen molar-refractivity contribution in [2.45, 2.75) is 37.1 Å². The average molecular weight is 174 g/mol. The number of alkyl halides is 1. The monoisotopic (exact) mass is 173 g/mol. The van der Waals surface area contributed by atoms with Crippen LogP contribution in [-0.4, -0.2) is 28.8 Å². The highest BCUT2D eigenvalue weighted by atomic mass is 35.5. The lowest BCUT2D eigenvalue weighted by Crippen LogP contribution is -2.42. The third-order valence-corrected chi connectivity index (χ3v) is 2.95. The number of hydrogen-bond acceptors (Lipinski definition) is 1. The number of fused-ring (bicyclic) bond motifs is 1. The van der Waals surface area contributed by atoms with Gasteiger partial charge in [0.1, 0.15) is 0 Å². The van der Waals surface area contributed by atoms with Crippen molar-refractivity contribution < 1.29 is 4.79 Å². The van der Waals surface area contributed by atoms with Crippen molar-refractivity contribution in [3.8, 4) is 0 Å². The van der Waals surface area contributed by atoms with Gasteiger partial charge in [-0.05, 0) is 19.3 Å². The van der Waals surface area contributed by atoms with Crippen molar-refractivity contribution in [1.29, 1.82) is 0 Å². The van der Waals surface area contributed by atoms with Crippen molar-refractivity contribution in [3.63, 3.8) is 0 Å². The lowest BCUT2D eigenvalue weighted by Gasteiger charge is -2.31. The summed E-state index contributed by atoms with van der Waals surface area (Å²) in [7, 11) is 0. The van der Waals surface area contributed by atoms with E-state index in [0.717, 1.165) is 19.4 Å². The zero-order valence-electron chi connectivity index (χ0n) is 6.42. The van der Waals surface area contributed by atoms with Gasteiger partial charge >= 0.3 is 0 Å². The van der Waals surface area contributed by atoms with E-state index in [1.165, 1.54) is 6.42 Å². The molecule has 62 valence electrons. The van der Waals surface area contributed by atoms with Crippen LogP contribution in [0.25, 0.3) is 0 Å². The Morgan fingerprint density at radius 3 is 3.18 bits per heavy atom. The molecule has 1 amide bonds. The van der Waals surface area contributed by atoms with Crippen LogP contribution in [0.15, 0.2) is 0 Å². The summed E-state index contributed by atoms with van der Waals surface area (Å²) in [4.78, 5) is 13.3. The standard InChI is InChI=1S/C8H12ClNO/c9-6-4-7-2-1-3-10(7)8(11)5-6/h6-7H,1-5H2. The molecule has 0 spiro atoms. The first-order valence-corrected chi connectivity index (χ1v) is 4.64. The highest BCUT2D eigenvalue weighted by Crippen LogP contribution is 2.29. The van der Waals surface area contributed by atoms with Gasteiger partial charge in [0.05, 0.1) is 0 Å². The van der Waals surface area contributed by atoms with E-state index >= 15 is 0 Å². The Morgan fingerprint density at radius 1 is 1.55 bits per heavy atom. The van der Waals surface area contributed by atoms with Crippen LogP contribution in [0.3, 0.4) is 0 Å². The average Bonchev–Trinajstić information content (AvgIpc) is 2.34. The van der Waals surface area contributed by atoms with E-state index in [1.54, 1.807) is 0 Å². The maximum atomic E-state index is 11.3. The number of carbonyl (C=O) groups is 1. The third-order valence-electron chi connectivity index (χ3n) is 2.62. The Kier molecular flexibility index (Phi) is 1.80. The molecule has 11 heavy (non-hydrogen) atoms. The van der Waals surface area contributed by atoms with Gasteiger partial charge in [0.15, 0.2) is 0 Å². The van der Waals surface area contributed by atoms with E-state index in [0.29, 0.717) is 12.5 Å². The minimum Gasteiger partial charge on any atom is -0.340 e. The summed E-state index contributed by atoms with van der Waals surface area (Å²) in [6.07, 6.45) is 3.89. The number of carbonyl (C=O) groups excluding carboxylic acids is 1. The van der Waals surface area contributed by atoms with Crippen LogP contribution >= 0.6 is 11.6 Å². The van der Waals surface area contributed by atoms with Gasteiger partial charge in [0.25, 0.3) is 0 Å². The van der Waals surface area contributed by atoms with E-state index < -0.39 is 0 Å². The highest BCUT2D eigenvalue weighted by molar-refractivity contribution is 6.22. The molecule has 2 heterocycles. The van der Waals surface area contributed by atoms with Crippen LogP contribution in [-0.2, 0) is 4.79 Å². The third kappa shape index (κ3) is 1.24. The number of nitrogens with zero attached hydrogens (tertiary/aromatic N) is 1. The molecule has 0 aliphatic carbocycles. The molecule has 2 unspecified atom stereocenters. The Balaban J connectivity index is 2.10. The summed E-state index contributed by atoms with van der Waals surface area (Å²) in [6.45, 7) is 0.965. The van der Waals surface area contributed by atoms with Crippen molar-refractivity contribution in [1.82, 2.24) is 4.90 Å². The lowest BCUT2D eigenvalue weighted by atomic mass is 10.0. The smallest absolute Gasteiger partial charge is 0.224 e. The summed E-state index contributed by atoms with van der Waals surface area (Å²) in [5, 5.41) is 0.0989. The molecule has 2 aliphatic rings. The predicted molar refractivity (Wildman–Crippen MR) is 43.6 cm³/mol. The molecule has 3 heteroatoms. The Morgan fingerprint density at radius 2 is 2.36 bits per heavy atom. The Bertz CT molecular complexity index is 183. The minimum atomic E-state index is 0.0989. The Labute approximate surface area is 71.5 Å². The number of piperidine rings is 1. The molecule has 0 aromatic heterocycles. The predicted octanol–water partition coefficient (Wildman–Crippen LogP) is 1.38. The van der Waals surface area contributed by atoms with Gasteiger partial charge < -0.3 is 4.90 Å². The second kappa shape index (κ2) is 2.67. The van der Waals surface area contributed by atoms with Gasteiger partial charge in [-0.25, -0.2) is 0 Å². The minimum absolute atomic E-state index is 0.0989. The number of hydrogen-bond donors (Lipinski definition) is 0. The van der Waals surface area contributed by atoms with Gasteiger partial charge in [0, 0.05) is 24.4 Å². The normalized spacial score (nSPS) is 37.5. The summed E-state index contributed by atoms with van der Waals surface area (Å²) in [5.74, 6) is 0.263. The zero-order chi connectivity index (χ0) is 7.84. The highest BCUT2D eigenvalue weighted by Gasteiger charge is 2.35. The molecule has 2 rings (SSSR count). The van der Waals surface area contributed by atoms with E-state index in [4.69, 9.17) is 11.6 Å². The van der Waals surface area contributed by atoms with Crippen molar-refractivity contribution in [2.24, 2.45) is 0 Å². The first-order chi connectivity index (χ1) is 5.27. The molecule has 0 aromatic rings. The Hall–Kier alpha value is -0.240. The molecule has 0 bridgehead atoms. The fraction of sp³-hybridized carbons (Fsp3) is 0.875. The van der Waals surface area contributed by atoms with E-state index in [-0.39, 0.29) is 11.3 Å². The molecular weight excluding hydrogens is 162 g/mol. The van der Waals surface area contributed by atoms with Crippen LogP contribution in [0.5, 0.6) is 0 Å². The molecule has 2 saturated heterocycles. The van der Waals surface area contributed by atoms with Gasteiger partial charge in [0.2, 0.25) is 5.91 Å². The van der Waals surface area contributed by atoms with E-state index in [2.05, 4.69) is 0 Å². The lowest BCUT2D eigenvalue weighted by molar-refractivity contribution is -0.134. The first kappa shape index (κ1) is 7.41. The van der Waals surface area contributed by atoms with Gasteiger partial charge in [-0.2, -0.15) is 0 Å². The summed E-state index contributed by atoms with van der Waals surface area (Å²) < 4.78 is 0. The van der Waals surface area contributed by atoms with Gasteiger partial charge in [-0.15, -0.1) is 11.6 Å². The quantitative estimate of drug-likeness (QED) is 0.507. The molecule has 2 fully saturated rings. The molecule has 0 aromatic carbocycles. The number of halogens is 1. The molecule has 2 aliphatic heterocycles. The summed E-state index contributed by atoms with van der Waals surface area (Å²) >= 11 is 5.93.